The van der Waals surface area contributed by atoms with E-state index in [-0.39, 0.29) is 18.0 Å². The molecule has 1 aromatic carbocycles. The Morgan fingerprint density at radius 2 is 2.12 bits per heavy atom. The second-order valence-electron chi connectivity index (χ2n) is 7.40. The molecule has 0 aromatic heterocycles. The van der Waals surface area contributed by atoms with Gasteiger partial charge in [0.05, 0.1) is 12.5 Å². The lowest BCUT2D eigenvalue weighted by molar-refractivity contribution is -0.120. The first kappa shape index (κ1) is 16.2. The third-order valence-corrected chi connectivity index (χ3v) is 5.91. The molecule has 134 valence electrons. The summed E-state index contributed by atoms with van der Waals surface area (Å²) in [7, 11) is 1.62. The maximum Gasteiger partial charge on any atom is 0.317 e. The quantitative estimate of drug-likeness (QED) is 0.867. The van der Waals surface area contributed by atoms with E-state index in [1.165, 1.54) is 19.3 Å². The molecule has 3 aliphatic rings. The lowest BCUT2D eigenvalue weighted by Crippen LogP contribution is -2.46. The molecule has 0 radical (unpaired) electrons. The highest BCUT2D eigenvalue weighted by atomic mass is 16.5. The van der Waals surface area contributed by atoms with Crippen LogP contribution in [-0.2, 0) is 10.2 Å². The van der Waals surface area contributed by atoms with Gasteiger partial charge in [0.15, 0.2) is 0 Å². The largest absolute Gasteiger partial charge is 0.497 e. The number of urea groups is 1. The Hall–Kier alpha value is -2.24. The Kier molecular flexibility index (Phi) is 4.06. The van der Waals surface area contributed by atoms with Gasteiger partial charge in [-0.25, -0.2) is 4.79 Å². The average Bonchev–Trinajstić information content (AvgIpc) is 3.19. The predicted octanol–water partition coefficient (Wildman–Crippen LogP) is 2.63. The van der Waals surface area contributed by atoms with E-state index < -0.39 is 5.41 Å². The van der Waals surface area contributed by atoms with Crippen LogP contribution in [0.4, 0.5) is 10.5 Å². The van der Waals surface area contributed by atoms with Crippen LogP contribution in [-0.4, -0.2) is 43.1 Å². The number of anilines is 1. The van der Waals surface area contributed by atoms with Gasteiger partial charge in [0.1, 0.15) is 5.75 Å². The van der Waals surface area contributed by atoms with Gasteiger partial charge in [0.25, 0.3) is 0 Å². The van der Waals surface area contributed by atoms with E-state index in [4.69, 9.17) is 4.74 Å². The highest BCUT2D eigenvalue weighted by Crippen LogP contribution is 2.45. The van der Waals surface area contributed by atoms with Crippen molar-refractivity contribution in [1.82, 2.24) is 10.2 Å². The van der Waals surface area contributed by atoms with E-state index in [1.54, 1.807) is 12.0 Å². The number of fused-ring (bicyclic) bond motifs is 2. The molecule has 6 heteroatoms. The summed E-state index contributed by atoms with van der Waals surface area (Å²) >= 11 is 0. The van der Waals surface area contributed by atoms with Gasteiger partial charge in [-0.1, -0.05) is 19.3 Å². The van der Waals surface area contributed by atoms with Crippen LogP contribution < -0.4 is 15.4 Å². The second kappa shape index (κ2) is 6.24. The molecule has 1 spiro atoms. The van der Waals surface area contributed by atoms with E-state index in [0.29, 0.717) is 19.5 Å². The standard InChI is InChI=1S/C19H25N3O3/c1-25-14-7-8-16-15(11-14)19(17(23)21-16)9-10-22(12-19)18(24)20-13-5-3-2-4-6-13/h7-8,11,13H,2-6,9-10,12H2,1H3,(H,20,24)(H,21,23). The molecule has 1 atom stereocenters. The molecule has 2 aliphatic heterocycles. The number of ether oxygens (including phenoxy) is 1. The number of likely N-dealkylation sites (tertiary alicyclic amines) is 1. The molecular formula is C19H25N3O3. The van der Waals surface area contributed by atoms with Crippen molar-refractivity contribution < 1.29 is 14.3 Å². The van der Waals surface area contributed by atoms with Gasteiger partial charge in [-0.2, -0.15) is 0 Å². The van der Waals surface area contributed by atoms with Crippen molar-refractivity contribution in [3.05, 3.63) is 23.8 Å². The molecule has 25 heavy (non-hydrogen) atoms. The molecular weight excluding hydrogens is 318 g/mol. The number of hydrogen-bond acceptors (Lipinski definition) is 3. The van der Waals surface area contributed by atoms with Crippen LogP contribution in [0.5, 0.6) is 5.75 Å². The fourth-order valence-corrected chi connectivity index (χ4v) is 4.42. The molecule has 1 unspecified atom stereocenters. The van der Waals surface area contributed by atoms with Gasteiger partial charge in [0.2, 0.25) is 5.91 Å². The van der Waals surface area contributed by atoms with Crippen LogP contribution in [0.1, 0.15) is 44.1 Å². The maximum atomic E-state index is 12.7. The summed E-state index contributed by atoms with van der Waals surface area (Å²) in [6.45, 7) is 1.03. The lowest BCUT2D eigenvalue weighted by Gasteiger charge is -2.27. The molecule has 3 amide bonds. The number of amides is 3. The van der Waals surface area contributed by atoms with Crippen molar-refractivity contribution in [2.45, 2.75) is 50.0 Å². The van der Waals surface area contributed by atoms with Crippen molar-refractivity contribution in [1.29, 1.82) is 0 Å². The summed E-state index contributed by atoms with van der Waals surface area (Å²) in [4.78, 5) is 27.2. The number of nitrogens with zero attached hydrogens (tertiary/aromatic N) is 1. The topological polar surface area (TPSA) is 70.7 Å². The van der Waals surface area contributed by atoms with E-state index in [0.717, 1.165) is 29.8 Å². The highest BCUT2D eigenvalue weighted by Gasteiger charge is 2.52. The molecule has 0 bridgehead atoms. The monoisotopic (exact) mass is 343 g/mol. The van der Waals surface area contributed by atoms with Crippen LogP contribution in [0, 0.1) is 0 Å². The minimum absolute atomic E-state index is 0.0104. The molecule has 1 aromatic rings. The summed E-state index contributed by atoms with van der Waals surface area (Å²) in [5.74, 6) is 0.725. The van der Waals surface area contributed by atoms with Crippen molar-refractivity contribution in [3.63, 3.8) is 0 Å². The smallest absolute Gasteiger partial charge is 0.317 e. The van der Waals surface area contributed by atoms with Gasteiger partial charge in [-0.05, 0) is 43.0 Å². The number of rotatable bonds is 2. The molecule has 2 N–H and O–H groups in total. The summed E-state index contributed by atoms with van der Waals surface area (Å²) in [6, 6.07) is 5.90. The van der Waals surface area contributed by atoms with Crippen molar-refractivity contribution in [3.8, 4) is 5.75 Å². The number of hydrogen-bond donors (Lipinski definition) is 2. The van der Waals surface area contributed by atoms with Crippen molar-refractivity contribution >= 4 is 17.6 Å². The van der Waals surface area contributed by atoms with Crippen LogP contribution >= 0.6 is 0 Å². The fourth-order valence-electron chi connectivity index (χ4n) is 4.42. The molecule has 1 aliphatic carbocycles. The number of carbonyl (C=O) groups is 2. The SMILES string of the molecule is COc1ccc2c(c1)C1(CCN(C(=O)NC3CCCCC3)C1)C(=O)N2. The lowest BCUT2D eigenvalue weighted by atomic mass is 9.81. The minimum Gasteiger partial charge on any atom is -0.497 e. The molecule has 1 saturated carbocycles. The number of benzene rings is 1. The first-order valence-corrected chi connectivity index (χ1v) is 9.18. The first-order valence-electron chi connectivity index (χ1n) is 9.18. The van der Waals surface area contributed by atoms with Gasteiger partial charge in [-0.15, -0.1) is 0 Å². The fraction of sp³-hybridized carbons (Fsp3) is 0.579. The third-order valence-electron chi connectivity index (χ3n) is 5.91. The molecule has 2 heterocycles. The Morgan fingerprint density at radius 3 is 2.88 bits per heavy atom. The van der Waals surface area contributed by atoms with Crippen LogP contribution in [0.2, 0.25) is 0 Å². The highest BCUT2D eigenvalue weighted by molar-refractivity contribution is 6.07. The Bertz CT molecular complexity index is 699. The normalized spacial score (nSPS) is 25.8. The van der Waals surface area contributed by atoms with E-state index in [1.807, 2.05) is 18.2 Å². The van der Waals surface area contributed by atoms with Crippen LogP contribution in [0.15, 0.2) is 18.2 Å². The maximum absolute atomic E-state index is 12.7. The Labute approximate surface area is 147 Å². The second-order valence-corrected chi connectivity index (χ2v) is 7.40. The summed E-state index contributed by atoms with van der Waals surface area (Å²) in [6.07, 6.45) is 6.40. The zero-order valence-electron chi connectivity index (χ0n) is 14.6. The zero-order valence-corrected chi connectivity index (χ0v) is 14.6. The van der Waals surface area contributed by atoms with Crippen LogP contribution in [0.25, 0.3) is 0 Å². The zero-order chi connectivity index (χ0) is 17.4. The Balaban J connectivity index is 1.51. The minimum atomic E-state index is -0.645. The average molecular weight is 343 g/mol. The van der Waals surface area contributed by atoms with Crippen molar-refractivity contribution in [2.24, 2.45) is 0 Å². The van der Waals surface area contributed by atoms with Crippen LogP contribution in [0.3, 0.4) is 0 Å². The molecule has 2 fully saturated rings. The predicted molar refractivity (Wildman–Crippen MR) is 94.9 cm³/mol. The van der Waals surface area contributed by atoms with Gasteiger partial charge < -0.3 is 20.3 Å². The van der Waals surface area contributed by atoms with E-state index in [2.05, 4.69) is 10.6 Å². The number of carbonyl (C=O) groups excluding carboxylic acids is 2. The third kappa shape index (κ3) is 2.73. The summed E-state index contributed by atoms with van der Waals surface area (Å²) < 4.78 is 5.32. The van der Waals surface area contributed by atoms with E-state index >= 15 is 0 Å². The van der Waals surface area contributed by atoms with Gasteiger partial charge in [-0.3, -0.25) is 4.79 Å². The number of nitrogens with one attached hydrogen (secondary N) is 2. The molecule has 6 nitrogen and oxygen atoms in total. The number of methoxy groups -OCH3 is 1. The first-order chi connectivity index (χ1) is 12.1. The van der Waals surface area contributed by atoms with Crippen molar-refractivity contribution in [2.75, 3.05) is 25.5 Å². The molecule has 4 rings (SSSR count). The molecule has 1 saturated heterocycles. The van der Waals surface area contributed by atoms with Gasteiger partial charge >= 0.3 is 6.03 Å². The summed E-state index contributed by atoms with van der Waals surface area (Å²) in [5, 5.41) is 6.13. The Morgan fingerprint density at radius 1 is 1.32 bits per heavy atom. The van der Waals surface area contributed by atoms with E-state index in [9.17, 15) is 9.59 Å². The summed E-state index contributed by atoms with van der Waals surface area (Å²) in [5.41, 5.74) is 1.14. The van der Waals surface area contributed by atoms with Gasteiger partial charge in [0, 0.05) is 24.8 Å².